The Balaban J connectivity index is 1.79. The van der Waals surface area contributed by atoms with Gasteiger partial charge in [-0.2, -0.15) is 5.10 Å². The molecular weight excluding hydrogens is 238 g/mol. The second kappa shape index (κ2) is 4.51. The zero-order chi connectivity index (χ0) is 13.6. The molecule has 1 saturated heterocycles. The minimum absolute atomic E-state index is 0.214. The Morgan fingerprint density at radius 2 is 2.32 bits per heavy atom. The smallest absolute Gasteiger partial charge is 0.0853 e. The van der Waals surface area contributed by atoms with Crippen LogP contribution in [0, 0.1) is 11.3 Å². The Bertz CT molecular complexity index is 466. The molecule has 1 aliphatic carbocycles. The number of rotatable bonds is 3. The molecule has 3 unspecified atom stereocenters. The lowest BCUT2D eigenvalue weighted by atomic mass is 9.55. The molecule has 2 heterocycles. The fourth-order valence-corrected chi connectivity index (χ4v) is 3.90. The minimum Gasteiger partial charge on any atom is -0.379 e. The van der Waals surface area contributed by atoms with E-state index in [4.69, 9.17) is 4.74 Å². The molecule has 0 aromatic carbocycles. The van der Waals surface area contributed by atoms with Crippen LogP contribution < -0.4 is 5.32 Å². The Labute approximate surface area is 115 Å². The summed E-state index contributed by atoms with van der Waals surface area (Å²) < 4.78 is 7.87. The molecule has 3 rings (SSSR count). The van der Waals surface area contributed by atoms with Crippen molar-refractivity contribution in [1.29, 1.82) is 0 Å². The highest BCUT2D eigenvalue weighted by molar-refractivity contribution is 5.49. The lowest BCUT2D eigenvalue weighted by Gasteiger charge is -2.60. The monoisotopic (exact) mass is 263 g/mol. The summed E-state index contributed by atoms with van der Waals surface area (Å²) >= 11 is 0. The highest BCUT2D eigenvalue weighted by Gasteiger charge is 2.58. The quantitative estimate of drug-likeness (QED) is 0.911. The molecular formula is C15H25N3O. The van der Waals surface area contributed by atoms with Crippen LogP contribution >= 0.6 is 0 Å². The van der Waals surface area contributed by atoms with Crippen molar-refractivity contribution in [2.75, 3.05) is 11.9 Å². The fraction of sp³-hybridized carbons (Fsp3) is 0.800. The molecule has 19 heavy (non-hydrogen) atoms. The Morgan fingerprint density at radius 3 is 3.05 bits per heavy atom. The maximum Gasteiger partial charge on any atom is 0.0853 e. The summed E-state index contributed by atoms with van der Waals surface area (Å²) in [4.78, 5) is 0. The van der Waals surface area contributed by atoms with Gasteiger partial charge in [-0.05, 0) is 19.3 Å². The molecule has 2 fully saturated rings. The summed E-state index contributed by atoms with van der Waals surface area (Å²) in [6, 6.07) is 0.507. The number of fused-ring (bicyclic) bond motifs is 1. The number of aromatic nitrogens is 2. The third kappa shape index (κ3) is 1.97. The summed E-state index contributed by atoms with van der Waals surface area (Å²) in [5, 5.41) is 8.26. The van der Waals surface area contributed by atoms with Crippen LogP contribution in [0.2, 0.25) is 0 Å². The van der Waals surface area contributed by atoms with Gasteiger partial charge in [-0.15, -0.1) is 0 Å². The molecule has 0 amide bonds. The second-order valence-electron chi connectivity index (χ2n) is 6.56. The van der Waals surface area contributed by atoms with Crippen LogP contribution in [0.5, 0.6) is 0 Å². The van der Waals surface area contributed by atoms with Gasteiger partial charge >= 0.3 is 0 Å². The molecule has 3 atom stereocenters. The zero-order valence-electron chi connectivity index (χ0n) is 12.4. The molecule has 0 radical (unpaired) electrons. The molecule has 4 nitrogen and oxygen atoms in total. The standard InChI is InChI=1S/C15H25N3O/c1-5-11-12(9-18(4)17-11)16-13-10-7-6-8-19-14(10)15(13,2)3/h9-10,13-14,16H,5-8H2,1-4H3. The summed E-state index contributed by atoms with van der Waals surface area (Å²) in [5.74, 6) is 0.661. The lowest BCUT2D eigenvalue weighted by Crippen LogP contribution is -2.67. The number of hydrogen-bond acceptors (Lipinski definition) is 3. The normalized spacial score (nSPS) is 32.5. The Morgan fingerprint density at radius 1 is 1.53 bits per heavy atom. The van der Waals surface area contributed by atoms with E-state index in [1.54, 1.807) is 0 Å². The first-order valence-corrected chi connectivity index (χ1v) is 7.44. The van der Waals surface area contributed by atoms with Crippen molar-refractivity contribution in [1.82, 2.24) is 9.78 Å². The van der Waals surface area contributed by atoms with E-state index in [0.717, 1.165) is 13.0 Å². The van der Waals surface area contributed by atoms with Crippen molar-refractivity contribution in [2.24, 2.45) is 18.4 Å². The van der Waals surface area contributed by atoms with Gasteiger partial charge in [0, 0.05) is 37.2 Å². The van der Waals surface area contributed by atoms with Crippen LogP contribution in [0.25, 0.3) is 0 Å². The lowest BCUT2D eigenvalue weighted by molar-refractivity contribution is -0.177. The summed E-state index contributed by atoms with van der Waals surface area (Å²) in [6.45, 7) is 7.73. The number of nitrogens with zero attached hydrogens (tertiary/aromatic N) is 2. The van der Waals surface area contributed by atoms with E-state index in [1.807, 2.05) is 11.7 Å². The largest absolute Gasteiger partial charge is 0.379 e. The van der Waals surface area contributed by atoms with Crippen molar-refractivity contribution in [3.8, 4) is 0 Å². The molecule has 1 aromatic rings. The van der Waals surface area contributed by atoms with Gasteiger partial charge in [0.1, 0.15) is 0 Å². The van der Waals surface area contributed by atoms with Gasteiger partial charge in [-0.1, -0.05) is 20.8 Å². The third-order valence-corrected chi connectivity index (χ3v) is 4.88. The van der Waals surface area contributed by atoms with E-state index < -0.39 is 0 Å². The van der Waals surface area contributed by atoms with Crippen molar-refractivity contribution in [3.63, 3.8) is 0 Å². The predicted octanol–water partition coefficient (Wildman–Crippen LogP) is 2.60. The number of nitrogens with one attached hydrogen (secondary N) is 1. The van der Waals surface area contributed by atoms with Crippen LogP contribution in [0.3, 0.4) is 0 Å². The number of aryl methyl sites for hydroxylation is 2. The van der Waals surface area contributed by atoms with Crippen molar-refractivity contribution in [3.05, 3.63) is 11.9 Å². The Kier molecular flexibility index (Phi) is 3.08. The second-order valence-corrected chi connectivity index (χ2v) is 6.56. The number of hydrogen-bond donors (Lipinski definition) is 1. The van der Waals surface area contributed by atoms with E-state index in [9.17, 15) is 0 Å². The van der Waals surface area contributed by atoms with Crippen LogP contribution in [-0.4, -0.2) is 28.5 Å². The highest BCUT2D eigenvalue weighted by Crippen LogP contribution is 2.52. The van der Waals surface area contributed by atoms with Gasteiger partial charge in [-0.3, -0.25) is 4.68 Å². The molecule has 106 valence electrons. The van der Waals surface area contributed by atoms with Crippen molar-refractivity contribution < 1.29 is 4.74 Å². The highest BCUT2D eigenvalue weighted by atomic mass is 16.5. The van der Waals surface area contributed by atoms with Gasteiger partial charge in [0.15, 0.2) is 0 Å². The third-order valence-electron chi connectivity index (χ3n) is 4.88. The van der Waals surface area contributed by atoms with Crippen LogP contribution in [-0.2, 0) is 18.2 Å². The van der Waals surface area contributed by atoms with Gasteiger partial charge in [0.05, 0.1) is 17.5 Å². The molecule has 0 spiro atoms. The minimum atomic E-state index is 0.214. The van der Waals surface area contributed by atoms with Crippen molar-refractivity contribution in [2.45, 2.75) is 52.2 Å². The molecule has 1 saturated carbocycles. The van der Waals surface area contributed by atoms with Gasteiger partial charge in [0.25, 0.3) is 0 Å². The maximum absolute atomic E-state index is 5.96. The predicted molar refractivity (Wildman–Crippen MR) is 76.2 cm³/mol. The number of ether oxygens (including phenoxy) is 1. The van der Waals surface area contributed by atoms with Crippen LogP contribution in [0.15, 0.2) is 6.20 Å². The molecule has 2 aliphatic rings. The van der Waals surface area contributed by atoms with Gasteiger partial charge < -0.3 is 10.1 Å². The van der Waals surface area contributed by atoms with E-state index in [2.05, 4.69) is 37.4 Å². The fourth-order valence-electron chi connectivity index (χ4n) is 3.90. The van der Waals surface area contributed by atoms with Crippen molar-refractivity contribution >= 4 is 5.69 Å². The topological polar surface area (TPSA) is 39.1 Å². The van der Waals surface area contributed by atoms with E-state index in [-0.39, 0.29) is 5.41 Å². The first kappa shape index (κ1) is 13.0. The summed E-state index contributed by atoms with van der Waals surface area (Å²) in [5.41, 5.74) is 2.58. The van der Waals surface area contributed by atoms with E-state index in [1.165, 1.54) is 24.2 Å². The first-order valence-electron chi connectivity index (χ1n) is 7.44. The van der Waals surface area contributed by atoms with Crippen LogP contribution in [0.4, 0.5) is 5.69 Å². The van der Waals surface area contributed by atoms with E-state index in [0.29, 0.717) is 18.1 Å². The molecule has 1 N–H and O–H groups in total. The summed E-state index contributed by atoms with van der Waals surface area (Å²) in [6.07, 6.45) is 5.99. The van der Waals surface area contributed by atoms with Gasteiger partial charge in [-0.25, -0.2) is 0 Å². The Hall–Kier alpha value is -1.03. The average molecular weight is 263 g/mol. The molecule has 1 aromatic heterocycles. The van der Waals surface area contributed by atoms with Gasteiger partial charge in [0.2, 0.25) is 0 Å². The molecule has 0 bridgehead atoms. The average Bonchev–Trinajstić information content (AvgIpc) is 2.76. The number of anilines is 1. The summed E-state index contributed by atoms with van der Waals surface area (Å²) in [7, 11) is 1.99. The SMILES string of the molecule is CCc1nn(C)cc1NC1C2CCCOC2C1(C)C. The zero-order valence-corrected chi connectivity index (χ0v) is 12.4. The molecule has 1 aliphatic heterocycles. The maximum atomic E-state index is 5.96. The van der Waals surface area contributed by atoms with Crippen LogP contribution in [0.1, 0.15) is 39.3 Å². The van der Waals surface area contributed by atoms with E-state index >= 15 is 0 Å². The first-order chi connectivity index (χ1) is 9.04. The molecule has 4 heteroatoms.